The molecule has 0 spiro atoms. The number of alkyl halides is 3. The number of carbonyl (C=O) groups is 3. The largest absolute Gasteiger partial charge is 0.489 e. The lowest BCUT2D eigenvalue weighted by Crippen LogP contribution is -2.54. The molecule has 0 aromatic heterocycles. The Labute approximate surface area is 227 Å². The van der Waals surface area contributed by atoms with E-state index < -0.39 is 24.0 Å². The Bertz CT molecular complexity index is 1380. The van der Waals surface area contributed by atoms with E-state index in [1.807, 2.05) is 29.2 Å². The lowest BCUT2D eigenvalue weighted by molar-refractivity contribution is -0.136. The highest BCUT2D eigenvalue weighted by Crippen LogP contribution is 2.34. The summed E-state index contributed by atoms with van der Waals surface area (Å²) in [6.07, 6.45) is -4.33. The molecule has 13 heteroatoms. The topological polar surface area (TPSA) is 130 Å². The monoisotopic (exact) mass is 556 g/mol. The van der Waals surface area contributed by atoms with Gasteiger partial charge in [-0.25, -0.2) is 0 Å². The van der Waals surface area contributed by atoms with Gasteiger partial charge in [-0.2, -0.15) is 13.2 Å². The minimum atomic E-state index is -4.78. The Morgan fingerprint density at radius 3 is 2.42 bits per heavy atom. The van der Waals surface area contributed by atoms with Gasteiger partial charge in [0.25, 0.3) is 5.91 Å². The average molecular weight is 557 g/mol. The molecular formula is C27H27F3N6O4. The summed E-state index contributed by atoms with van der Waals surface area (Å²) in [6.45, 7) is 1.11. The van der Waals surface area contributed by atoms with Gasteiger partial charge < -0.3 is 14.5 Å². The molecule has 0 bridgehead atoms. The number of ether oxygens (including phenoxy) is 1. The van der Waals surface area contributed by atoms with E-state index in [2.05, 4.69) is 5.32 Å². The van der Waals surface area contributed by atoms with E-state index in [-0.39, 0.29) is 56.7 Å². The lowest BCUT2D eigenvalue weighted by atomic mass is 10.0. The van der Waals surface area contributed by atoms with Gasteiger partial charge in [-0.1, -0.05) is 30.3 Å². The molecule has 2 saturated heterocycles. The first-order chi connectivity index (χ1) is 19.0. The number of amidine groups is 2. The summed E-state index contributed by atoms with van der Waals surface area (Å²) in [5, 5.41) is 17.5. The van der Waals surface area contributed by atoms with Crippen molar-refractivity contribution in [2.24, 2.45) is 0 Å². The maximum atomic E-state index is 13.0. The van der Waals surface area contributed by atoms with Crippen molar-refractivity contribution in [2.75, 3.05) is 19.6 Å². The third kappa shape index (κ3) is 5.55. The Kier molecular flexibility index (Phi) is 7.32. The fraction of sp³-hybridized carbons (Fsp3) is 0.370. The molecule has 3 heterocycles. The molecule has 210 valence electrons. The normalized spacial score (nSPS) is 20.0. The molecule has 0 aliphatic carbocycles. The zero-order valence-corrected chi connectivity index (χ0v) is 21.4. The minimum Gasteiger partial charge on any atom is -0.489 e. The molecule has 3 aliphatic rings. The SMILES string of the molecule is N=C1CN(Cc2ccc(COc3cccc4c3CN(C3CCC(=O)NC3=O)C4=O)cc2)CCN1C(=N)C(F)(F)F. The summed E-state index contributed by atoms with van der Waals surface area (Å²) in [7, 11) is 0. The smallest absolute Gasteiger partial charge is 0.449 e. The maximum Gasteiger partial charge on any atom is 0.449 e. The van der Waals surface area contributed by atoms with Crippen LogP contribution in [0, 0.1) is 10.8 Å². The zero-order chi connectivity index (χ0) is 28.6. The van der Waals surface area contributed by atoms with E-state index in [1.54, 1.807) is 18.2 Å². The molecule has 2 fully saturated rings. The molecule has 0 radical (unpaired) electrons. The molecule has 3 aliphatic heterocycles. The number of piperidine rings is 1. The van der Waals surface area contributed by atoms with Crippen molar-refractivity contribution in [1.29, 1.82) is 10.8 Å². The molecular weight excluding hydrogens is 529 g/mol. The molecule has 1 unspecified atom stereocenters. The Balaban J connectivity index is 1.17. The van der Waals surface area contributed by atoms with E-state index in [0.29, 0.717) is 34.9 Å². The van der Waals surface area contributed by atoms with Gasteiger partial charge in [-0.3, -0.25) is 35.4 Å². The van der Waals surface area contributed by atoms with Crippen molar-refractivity contribution < 1.29 is 32.3 Å². The number of nitrogens with zero attached hydrogens (tertiary/aromatic N) is 3. The van der Waals surface area contributed by atoms with Crippen LogP contribution in [0.2, 0.25) is 0 Å². The lowest BCUT2D eigenvalue weighted by Gasteiger charge is -2.36. The Hall–Kier alpha value is -4.26. The van der Waals surface area contributed by atoms with E-state index in [9.17, 15) is 27.6 Å². The third-order valence-corrected chi connectivity index (χ3v) is 7.24. The van der Waals surface area contributed by atoms with Crippen LogP contribution in [0.5, 0.6) is 5.75 Å². The van der Waals surface area contributed by atoms with E-state index in [0.717, 1.165) is 11.1 Å². The summed E-state index contributed by atoms with van der Waals surface area (Å²) in [6, 6.07) is 12.0. The summed E-state index contributed by atoms with van der Waals surface area (Å²) < 4.78 is 44.5. The maximum absolute atomic E-state index is 13.0. The van der Waals surface area contributed by atoms with Gasteiger partial charge >= 0.3 is 6.18 Å². The van der Waals surface area contributed by atoms with Crippen molar-refractivity contribution in [3.63, 3.8) is 0 Å². The number of rotatable bonds is 6. The zero-order valence-electron chi connectivity index (χ0n) is 21.4. The Morgan fingerprint density at radius 2 is 1.75 bits per heavy atom. The van der Waals surface area contributed by atoms with Crippen LogP contribution in [0.25, 0.3) is 0 Å². The summed E-state index contributed by atoms with van der Waals surface area (Å²) in [5.41, 5.74) is 2.94. The van der Waals surface area contributed by atoms with E-state index in [1.165, 1.54) is 4.90 Å². The quantitative estimate of drug-likeness (QED) is 0.285. The number of hydrogen-bond donors (Lipinski definition) is 3. The number of fused-ring (bicyclic) bond motifs is 1. The van der Waals surface area contributed by atoms with Crippen LogP contribution in [0.15, 0.2) is 42.5 Å². The van der Waals surface area contributed by atoms with Crippen LogP contribution in [-0.2, 0) is 29.3 Å². The molecule has 40 heavy (non-hydrogen) atoms. The second-order valence-corrected chi connectivity index (χ2v) is 9.94. The first-order valence-corrected chi connectivity index (χ1v) is 12.7. The van der Waals surface area contributed by atoms with Crippen molar-refractivity contribution in [2.45, 2.75) is 44.8 Å². The highest BCUT2D eigenvalue weighted by Gasteiger charge is 2.42. The molecule has 2 aromatic carbocycles. The first kappa shape index (κ1) is 27.3. The number of piperazine rings is 1. The number of nitrogens with one attached hydrogen (secondary N) is 3. The molecule has 2 aromatic rings. The van der Waals surface area contributed by atoms with Gasteiger partial charge in [0.2, 0.25) is 17.6 Å². The molecule has 0 saturated carbocycles. The highest BCUT2D eigenvalue weighted by atomic mass is 19.4. The van der Waals surface area contributed by atoms with Gasteiger partial charge in [0.05, 0.1) is 13.1 Å². The van der Waals surface area contributed by atoms with Crippen LogP contribution in [-0.4, -0.2) is 75.9 Å². The van der Waals surface area contributed by atoms with Crippen LogP contribution < -0.4 is 10.1 Å². The van der Waals surface area contributed by atoms with Gasteiger partial charge in [-0.15, -0.1) is 0 Å². The van der Waals surface area contributed by atoms with Crippen molar-refractivity contribution in [1.82, 2.24) is 20.0 Å². The van der Waals surface area contributed by atoms with Gasteiger partial charge in [0, 0.05) is 37.2 Å². The highest BCUT2D eigenvalue weighted by molar-refractivity contribution is 6.05. The molecule has 3 N–H and O–H groups in total. The van der Waals surface area contributed by atoms with Crippen LogP contribution in [0.3, 0.4) is 0 Å². The van der Waals surface area contributed by atoms with Crippen molar-refractivity contribution >= 4 is 29.4 Å². The van der Waals surface area contributed by atoms with E-state index in [4.69, 9.17) is 15.6 Å². The summed E-state index contributed by atoms with van der Waals surface area (Å²) in [4.78, 5) is 40.8. The number of benzene rings is 2. The fourth-order valence-electron chi connectivity index (χ4n) is 5.14. The van der Waals surface area contributed by atoms with Gasteiger partial charge in [0.1, 0.15) is 24.2 Å². The second kappa shape index (κ2) is 10.7. The average Bonchev–Trinajstić information content (AvgIpc) is 3.24. The second-order valence-electron chi connectivity index (χ2n) is 9.94. The number of hydrogen-bond acceptors (Lipinski definition) is 7. The van der Waals surface area contributed by atoms with Gasteiger partial charge in [-0.05, 0) is 29.7 Å². The van der Waals surface area contributed by atoms with Crippen LogP contribution in [0.4, 0.5) is 13.2 Å². The van der Waals surface area contributed by atoms with Crippen LogP contribution >= 0.6 is 0 Å². The van der Waals surface area contributed by atoms with Gasteiger partial charge in [0.15, 0.2) is 0 Å². The standard InChI is InChI=1S/C27H27F3N6O4/c28-27(29,30)26(32)35-11-10-34(14-22(35)31)12-16-4-6-17(7-5-16)15-40-21-3-1-2-18-19(21)13-36(25(18)39)20-8-9-23(37)33-24(20)38/h1-7,20,31-32H,8-15H2,(H,33,37,38). The predicted octanol–water partition coefficient (Wildman–Crippen LogP) is 2.66. The van der Waals surface area contributed by atoms with E-state index >= 15 is 0 Å². The third-order valence-electron chi connectivity index (χ3n) is 7.24. The number of halogens is 3. The minimum absolute atomic E-state index is 0.0109. The van der Waals surface area contributed by atoms with Crippen molar-refractivity contribution in [3.05, 3.63) is 64.7 Å². The Morgan fingerprint density at radius 1 is 1.02 bits per heavy atom. The number of imide groups is 1. The predicted molar refractivity (Wildman–Crippen MR) is 137 cm³/mol. The van der Waals surface area contributed by atoms with Crippen LogP contribution in [0.1, 0.15) is 39.9 Å². The molecule has 5 rings (SSSR count). The first-order valence-electron chi connectivity index (χ1n) is 12.7. The number of amides is 3. The number of carbonyl (C=O) groups excluding carboxylic acids is 3. The molecule has 3 amide bonds. The van der Waals surface area contributed by atoms with Crippen molar-refractivity contribution in [3.8, 4) is 5.75 Å². The summed E-state index contributed by atoms with van der Waals surface area (Å²) >= 11 is 0. The fourth-order valence-corrected chi connectivity index (χ4v) is 5.14. The molecule has 10 nitrogen and oxygen atoms in total. The summed E-state index contributed by atoms with van der Waals surface area (Å²) in [5.74, 6) is -2.33. The molecule has 1 atom stereocenters.